The van der Waals surface area contributed by atoms with Gasteiger partial charge in [0.25, 0.3) is 5.24 Å². The zero-order valence-corrected chi connectivity index (χ0v) is 11.8. The second-order valence-electron chi connectivity index (χ2n) is 3.93. The van der Waals surface area contributed by atoms with Crippen LogP contribution in [0.5, 0.6) is 0 Å². The summed E-state index contributed by atoms with van der Waals surface area (Å²) in [5.74, 6) is -1.15. The van der Waals surface area contributed by atoms with Crippen molar-refractivity contribution in [1.82, 2.24) is 9.62 Å². The van der Waals surface area contributed by atoms with Crippen molar-refractivity contribution >= 4 is 32.9 Å². The second kappa shape index (κ2) is 5.90. The van der Waals surface area contributed by atoms with E-state index >= 15 is 0 Å². The van der Waals surface area contributed by atoms with Gasteiger partial charge >= 0.3 is 0 Å². The second-order valence-corrected chi connectivity index (χ2v) is 6.59. The third-order valence-corrected chi connectivity index (χ3v) is 4.95. The molecule has 108 valence electrons. The highest BCUT2D eigenvalue weighted by molar-refractivity contribution is 8.14. The van der Waals surface area contributed by atoms with Crippen molar-refractivity contribution in [3.63, 3.8) is 0 Å². The topological polar surface area (TPSA) is 83.6 Å². The number of halogens is 1. The van der Waals surface area contributed by atoms with Crippen LogP contribution in [0.2, 0.25) is 0 Å². The summed E-state index contributed by atoms with van der Waals surface area (Å²) in [4.78, 5) is 23.1. The van der Waals surface area contributed by atoms with Crippen LogP contribution in [0, 0.1) is 5.82 Å². The van der Waals surface area contributed by atoms with Crippen LogP contribution in [0.15, 0.2) is 29.2 Å². The predicted octanol–water partition coefficient (Wildman–Crippen LogP) is 0.799. The minimum absolute atomic E-state index is 0.0683. The van der Waals surface area contributed by atoms with Gasteiger partial charge in [0.1, 0.15) is 10.7 Å². The van der Waals surface area contributed by atoms with Gasteiger partial charge < -0.3 is 0 Å². The van der Waals surface area contributed by atoms with Crippen LogP contribution in [0.1, 0.15) is 0 Å². The molecule has 0 bridgehead atoms. The molecule has 1 aliphatic rings. The van der Waals surface area contributed by atoms with Crippen molar-refractivity contribution in [1.29, 1.82) is 0 Å². The first-order chi connectivity index (χ1) is 9.42. The van der Waals surface area contributed by atoms with Crippen LogP contribution in [0.3, 0.4) is 0 Å². The molecule has 0 unspecified atom stereocenters. The molecule has 20 heavy (non-hydrogen) atoms. The van der Waals surface area contributed by atoms with Crippen LogP contribution >= 0.6 is 11.8 Å². The molecule has 1 aromatic rings. The SMILES string of the molecule is O=C1CSC(=O)N1CCNS(=O)(=O)c1ccccc1F. The molecular weight excluding hydrogens is 307 g/mol. The third kappa shape index (κ3) is 3.17. The summed E-state index contributed by atoms with van der Waals surface area (Å²) in [5, 5.41) is -0.403. The molecule has 1 N–H and O–H groups in total. The molecule has 1 saturated heterocycles. The Hall–Kier alpha value is -1.45. The Labute approximate surface area is 119 Å². The molecule has 2 rings (SSSR count). The lowest BCUT2D eigenvalue weighted by atomic mass is 10.4. The van der Waals surface area contributed by atoms with E-state index in [-0.39, 0.29) is 24.7 Å². The predicted molar refractivity (Wildman–Crippen MR) is 71.2 cm³/mol. The van der Waals surface area contributed by atoms with Gasteiger partial charge in [0.05, 0.1) is 5.75 Å². The molecule has 9 heteroatoms. The molecule has 2 amide bonds. The number of carbonyl (C=O) groups excluding carboxylic acids is 2. The van der Waals surface area contributed by atoms with Gasteiger partial charge in [-0.1, -0.05) is 23.9 Å². The number of sulfonamides is 1. The third-order valence-electron chi connectivity index (χ3n) is 2.59. The molecule has 0 atom stereocenters. The van der Waals surface area contributed by atoms with E-state index in [9.17, 15) is 22.4 Å². The minimum Gasteiger partial charge on any atom is -0.273 e. The number of rotatable bonds is 5. The van der Waals surface area contributed by atoms with E-state index in [2.05, 4.69) is 4.72 Å². The lowest BCUT2D eigenvalue weighted by molar-refractivity contribution is -0.124. The molecule has 0 radical (unpaired) electrons. The smallest absolute Gasteiger partial charge is 0.273 e. The van der Waals surface area contributed by atoms with E-state index < -0.39 is 26.0 Å². The van der Waals surface area contributed by atoms with Gasteiger partial charge in [0.15, 0.2) is 0 Å². The largest absolute Gasteiger partial charge is 0.288 e. The molecular formula is C11H11FN2O4S2. The average molecular weight is 318 g/mol. The summed E-state index contributed by atoms with van der Waals surface area (Å²) >= 11 is 0.870. The fraction of sp³-hybridized carbons (Fsp3) is 0.273. The van der Waals surface area contributed by atoms with E-state index in [0.717, 1.165) is 28.8 Å². The van der Waals surface area contributed by atoms with Gasteiger partial charge in [-0.15, -0.1) is 0 Å². The van der Waals surface area contributed by atoms with Gasteiger partial charge in [-0.3, -0.25) is 14.5 Å². The highest BCUT2D eigenvalue weighted by atomic mass is 32.2. The van der Waals surface area contributed by atoms with E-state index in [0.29, 0.717) is 0 Å². The summed E-state index contributed by atoms with van der Waals surface area (Å²) in [6, 6.07) is 4.97. The molecule has 0 aromatic heterocycles. The van der Waals surface area contributed by atoms with Gasteiger partial charge in [-0.25, -0.2) is 17.5 Å². The zero-order valence-electron chi connectivity index (χ0n) is 10.2. The summed E-state index contributed by atoms with van der Waals surface area (Å²) in [6.07, 6.45) is 0. The Balaban J connectivity index is 1.99. The minimum atomic E-state index is -4.00. The fourth-order valence-corrected chi connectivity index (χ4v) is 3.48. The number of thioether (sulfide) groups is 1. The highest BCUT2D eigenvalue weighted by Crippen LogP contribution is 2.18. The van der Waals surface area contributed by atoms with Crippen molar-refractivity contribution < 1.29 is 22.4 Å². The number of hydrogen-bond donors (Lipinski definition) is 1. The van der Waals surface area contributed by atoms with Crippen molar-refractivity contribution in [3.8, 4) is 0 Å². The molecule has 0 spiro atoms. The fourth-order valence-electron chi connectivity index (χ4n) is 1.63. The first-order valence-electron chi connectivity index (χ1n) is 5.63. The number of amides is 2. The normalized spacial score (nSPS) is 15.9. The molecule has 1 aliphatic heterocycles. The summed E-state index contributed by atoms with van der Waals surface area (Å²) in [6.45, 7) is -0.229. The van der Waals surface area contributed by atoms with Crippen LogP contribution in [-0.2, 0) is 14.8 Å². The lowest BCUT2D eigenvalue weighted by Crippen LogP contribution is -2.37. The van der Waals surface area contributed by atoms with E-state index in [1.54, 1.807) is 0 Å². The molecule has 1 aromatic carbocycles. The Kier molecular flexibility index (Phi) is 4.41. The molecule has 0 aliphatic carbocycles. The van der Waals surface area contributed by atoms with E-state index in [4.69, 9.17) is 0 Å². The van der Waals surface area contributed by atoms with Crippen molar-refractivity contribution in [3.05, 3.63) is 30.1 Å². The maximum Gasteiger partial charge on any atom is 0.288 e. The quantitative estimate of drug-likeness (QED) is 0.868. The van der Waals surface area contributed by atoms with Gasteiger partial charge in [0.2, 0.25) is 15.9 Å². The number of nitrogens with zero attached hydrogens (tertiary/aromatic N) is 1. The standard InChI is InChI=1S/C11H11FN2O4S2/c12-8-3-1-2-4-9(8)20(17,18)13-5-6-14-10(15)7-19-11(14)16/h1-4,13H,5-7H2. The van der Waals surface area contributed by atoms with Crippen LogP contribution in [0.4, 0.5) is 9.18 Å². The van der Waals surface area contributed by atoms with Crippen LogP contribution in [0.25, 0.3) is 0 Å². The number of benzene rings is 1. The van der Waals surface area contributed by atoms with Crippen molar-refractivity contribution in [2.75, 3.05) is 18.8 Å². The van der Waals surface area contributed by atoms with Crippen LogP contribution in [-0.4, -0.2) is 43.3 Å². The first kappa shape index (κ1) is 14.9. The number of carbonyl (C=O) groups is 2. The molecule has 1 heterocycles. The Morgan fingerprint density at radius 3 is 2.60 bits per heavy atom. The zero-order chi connectivity index (χ0) is 14.8. The molecule has 6 nitrogen and oxygen atoms in total. The van der Waals surface area contributed by atoms with Gasteiger partial charge in [-0.05, 0) is 12.1 Å². The van der Waals surface area contributed by atoms with Gasteiger partial charge in [0, 0.05) is 13.1 Å². The van der Waals surface area contributed by atoms with E-state index in [1.165, 1.54) is 12.1 Å². The Morgan fingerprint density at radius 2 is 2.00 bits per heavy atom. The first-order valence-corrected chi connectivity index (χ1v) is 8.10. The van der Waals surface area contributed by atoms with Crippen molar-refractivity contribution in [2.45, 2.75) is 4.90 Å². The number of nitrogens with one attached hydrogen (secondary N) is 1. The van der Waals surface area contributed by atoms with E-state index in [1.807, 2.05) is 0 Å². The van der Waals surface area contributed by atoms with Gasteiger partial charge in [-0.2, -0.15) is 0 Å². The van der Waals surface area contributed by atoms with Crippen molar-refractivity contribution in [2.24, 2.45) is 0 Å². The molecule has 0 saturated carbocycles. The summed E-state index contributed by atoms with van der Waals surface area (Å²) in [7, 11) is -4.00. The number of imide groups is 1. The monoisotopic (exact) mass is 318 g/mol. The summed E-state index contributed by atoms with van der Waals surface area (Å²) < 4.78 is 39.2. The average Bonchev–Trinajstić information content (AvgIpc) is 2.70. The highest BCUT2D eigenvalue weighted by Gasteiger charge is 2.29. The van der Waals surface area contributed by atoms with Crippen LogP contribution < -0.4 is 4.72 Å². The number of hydrogen-bond acceptors (Lipinski definition) is 5. The Bertz CT molecular complexity index is 632. The summed E-state index contributed by atoms with van der Waals surface area (Å²) in [5.41, 5.74) is 0. The lowest BCUT2D eigenvalue weighted by Gasteiger charge is -2.13. The Morgan fingerprint density at radius 1 is 1.30 bits per heavy atom. The maximum absolute atomic E-state index is 13.4. The molecule has 1 fully saturated rings. The maximum atomic E-state index is 13.4.